The lowest BCUT2D eigenvalue weighted by atomic mass is 9.88. The van der Waals surface area contributed by atoms with Crippen molar-refractivity contribution in [1.82, 2.24) is 0 Å². The van der Waals surface area contributed by atoms with Crippen molar-refractivity contribution in [2.75, 3.05) is 9.80 Å². The number of carbonyl (C=O) groups is 2. The number of hydrogen-bond donors (Lipinski definition) is 0. The number of hydrogen-bond acceptors (Lipinski definition) is 4. The number of amides is 2. The third-order valence-electron chi connectivity index (χ3n) is 7.21. The third kappa shape index (κ3) is 3.10. The van der Waals surface area contributed by atoms with Gasteiger partial charge in [0.2, 0.25) is 10.8 Å². The number of para-hydroxylation sites is 1. The van der Waals surface area contributed by atoms with Gasteiger partial charge in [0, 0.05) is 16.8 Å². The summed E-state index contributed by atoms with van der Waals surface area (Å²) in [6, 6.07) is 21.3. The number of aryl methyl sites for hydroxylation is 1. The van der Waals surface area contributed by atoms with Crippen molar-refractivity contribution in [2.45, 2.75) is 50.3 Å². The van der Waals surface area contributed by atoms with Crippen LogP contribution in [0.1, 0.15) is 44.4 Å². The normalized spacial score (nSPS) is 23.8. The van der Waals surface area contributed by atoms with Gasteiger partial charge < -0.3 is 4.74 Å². The second-order valence-corrected chi connectivity index (χ2v) is 11.9. The lowest BCUT2D eigenvalue weighted by molar-refractivity contribution is -0.124. The van der Waals surface area contributed by atoms with Crippen LogP contribution < -0.4 is 14.5 Å². The quantitative estimate of drug-likeness (QED) is 0.407. The Kier molecular flexibility index (Phi) is 4.93. The van der Waals surface area contributed by atoms with Crippen LogP contribution in [-0.4, -0.2) is 22.6 Å². The minimum absolute atomic E-state index is 0.0644. The number of nitrogens with zero attached hydrogens (tertiary/aromatic N) is 2. The minimum Gasteiger partial charge on any atom is -0.457 e. The maximum Gasteiger partial charge on any atom is 0.269 e. The Labute approximate surface area is 215 Å². The average Bonchev–Trinajstić information content (AvgIpc) is 3.24. The van der Waals surface area contributed by atoms with E-state index < -0.39 is 10.4 Å². The lowest BCUT2D eigenvalue weighted by Gasteiger charge is -2.40. The van der Waals surface area contributed by atoms with E-state index in [0.29, 0.717) is 11.4 Å². The molecule has 0 aliphatic carbocycles. The highest BCUT2D eigenvalue weighted by atomic mass is 32.2. The van der Waals surface area contributed by atoms with Crippen molar-refractivity contribution in [3.8, 4) is 11.5 Å². The van der Waals surface area contributed by atoms with Gasteiger partial charge in [0.15, 0.2) is 0 Å². The van der Waals surface area contributed by atoms with Crippen molar-refractivity contribution in [1.29, 1.82) is 0 Å². The van der Waals surface area contributed by atoms with E-state index in [4.69, 9.17) is 4.74 Å². The summed E-state index contributed by atoms with van der Waals surface area (Å²) in [5, 5.41) is -0.358. The highest BCUT2D eigenvalue weighted by Crippen LogP contribution is 2.61. The first kappa shape index (κ1) is 22.9. The summed E-state index contributed by atoms with van der Waals surface area (Å²) in [4.78, 5) is 30.6. The topological polar surface area (TPSA) is 49.9 Å². The lowest BCUT2D eigenvalue weighted by Crippen LogP contribution is -2.55. The molecule has 3 aromatic rings. The monoisotopic (exact) mass is 496 g/mol. The van der Waals surface area contributed by atoms with Crippen molar-refractivity contribution in [3.63, 3.8) is 0 Å². The number of fused-ring (bicyclic) bond motifs is 1. The predicted octanol–water partition coefficient (Wildman–Crippen LogP) is 6.65. The number of anilines is 2. The molecule has 3 aliphatic heterocycles. The SMILES string of the molecule is CC1=CC(C)(C)N2C(=O)C3(SC(C)C(=O)N3c3ccc(Oc4ccccc4)cc3)c3cc(C)cc1c32. The smallest absolute Gasteiger partial charge is 0.269 e. The van der Waals surface area contributed by atoms with E-state index >= 15 is 0 Å². The predicted molar refractivity (Wildman–Crippen MR) is 146 cm³/mol. The Balaban J connectivity index is 1.50. The highest BCUT2D eigenvalue weighted by molar-refractivity contribution is 8.03. The molecule has 0 radical (unpaired) electrons. The Bertz CT molecular complexity index is 1450. The zero-order valence-electron chi connectivity index (χ0n) is 21.0. The molecule has 3 heterocycles. The Morgan fingerprint density at radius 3 is 2.25 bits per heavy atom. The number of rotatable bonds is 3. The van der Waals surface area contributed by atoms with Gasteiger partial charge in [-0.25, -0.2) is 0 Å². The molecule has 36 heavy (non-hydrogen) atoms. The second kappa shape index (κ2) is 7.74. The van der Waals surface area contributed by atoms with Crippen LogP contribution in [0, 0.1) is 6.92 Å². The van der Waals surface area contributed by atoms with Gasteiger partial charge in [0.25, 0.3) is 5.91 Å². The van der Waals surface area contributed by atoms with Gasteiger partial charge in [-0.05, 0) is 88.2 Å². The maximum absolute atomic E-state index is 14.5. The molecule has 0 bridgehead atoms. The van der Waals surface area contributed by atoms with Crippen molar-refractivity contribution in [2.24, 2.45) is 0 Å². The molecule has 6 rings (SSSR count). The third-order valence-corrected chi connectivity index (χ3v) is 8.68. The summed E-state index contributed by atoms with van der Waals surface area (Å²) in [6.45, 7) is 10.2. The fourth-order valence-corrected chi connectivity index (χ4v) is 7.29. The highest BCUT2D eigenvalue weighted by Gasteiger charge is 2.65. The molecule has 0 aromatic heterocycles. The zero-order chi connectivity index (χ0) is 25.4. The van der Waals surface area contributed by atoms with Crippen molar-refractivity contribution in [3.05, 3.63) is 89.5 Å². The molecule has 6 heteroatoms. The van der Waals surface area contributed by atoms with Crippen LogP contribution >= 0.6 is 11.8 Å². The van der Waals surface area contributed by atoms with Gasteiger partial charge in [0.05, 0.1) is 16.5 Å². The number of allylic oxidation sites excluding steroid dienone is 1. The minimum atomic E-state index is -1.15. The molecule has 3 aliphatic rings. The van der Waals surface area contributed by atoms with E-state index in [2.05, 4.69) is 45.9 Å². The summed E-state index contributed by atoms with van der Waals surface area (Å²) in [7, 11) is 0. The molecule has 1 spiro atoms. The van der Waals surface area contributed by atoms with E-state index in [9.17, 15) is 9.59 Å². The van der Waals surface area contributed by atoms with Crippen LogP contribution in [0.5, 0.6) is 11.5 Å². The van der Waals surface area contributed by atoms with Gasteiger partial charge in [0.1, 0.15) is 11.5 Å². The van der Waals surface area contributed by atoms with E-state index in [1.54, 1.807) is 4.90 Å². The Morgan fingerprint density at radius 1 is 0.889 bits per heavy atom. The summed E-state index contributed by atoms with van der Waals surface area (Å²) in [5.41, 5.74) is 5.30. The Morgan fingerprint density at radius 2 is 1.56 bits per heavy atom. The fraction of sp³-hybridized carbons (Fsp3) is 0.267. The molecular weight excluding hydrogens is 468 g/mol. The van der Waals surface area contributed by atoms with Gasteiger partial charge >= 0.3 is 0 Å². The number of carbonyl (C=O) groups excluding carboxylic acids is 2. The molecule has 1 saturated heterocycles. The van der Waals surface area contributed by atoms with Crippen LogP contribution in [0.25, 0.3) is 5.57 Å². The molecule has 5 nitrogen and oxygen atoms in total. The first-order valence-electron chi connectivity index (χ1n) is 12.2. The standard InChI is InChI=1S/C30H28N2O3S/c1-18-15-24-19(2)17-29(4,5)32-26(24)25(16-18)30(28(32)34)31(27(33)20(3)36-30)21-11-13-23(14-12-21)35-22-9-7-6-8-10-22/h6-17,20H,1-5H3. The molecule has 0 N–H and O–H groups in total. The molecule has 2 atom stereocenters. The maximum atomic E-state index is 14.5. The molecule has 0 saturated carbocycles. The van der Waals surface area contributed by atoms with Gasteiger partial charge in [-0.2, -0.15) is 0 Å². The van der Waals surface area contributed by atoms with E-state index in [1.165, 1.54) is 11.8 Å². The molecular formula is C30H28N2O3S. The second-order valence-electron chi connectivity index (χ2n) is 10.3. The number of thioether (sulfide) groups is 1. The van der Waals surface area contributed by atoms with Crippen LogP contribution in [0.2, 0.25) is 0 Å². The van der Waals surface area contributed by atoms with Crippen LogP contribution in [-0.2, 0) is 14.5 Å². The largest absolute Gasteiger partial charge is 0.457 e. The van der Waals surface area contributed by atoms with Gasteiger partial charge in [-0.3, -0.25) is 19.4 Å². The van der Waals surface area contributed by atoms with Crippen LogP contribution in [0.15, 0.2) is 72.8 Å². The molecule has 2 amide bonds. The van der Waals surface area contributed by atoms with Crippen LogP contribution in [0.3, 0.4) is 0 Å². The van der Waals surface area contributed by atoms with E-state index in [-0.39, 0.29) is 17.1 Å². The van der Waals surface area contributed by atoms with E-state index in [1.807, 2.05) is 66.4 Å². The summed E-state index contributed by atoms with van der Waals surface area (Å²) < 4.78 is 5.96. The Hall–Kier alpha value is -3.51. The molecule has 2 unspecified atom stereocenters. The van der Waals surface area contributed by atoms with Gasteiger partial charge in [-0.15, -0.1) is 11.8 Å². The number of ether oxygens (including phenoxy) is 1. The average molecular weight is 497 g/mol. The molecule has 3 aromatic carbocycles. The molecule has 182 valence electrons. The van der Waals surface area contributed by atoms with E-state index in [0.717, 1.165) is 33.7 Å². The first-order valence-corrected chi connectivity index (χ1v) is 13.1. The summed E-state index contributed by atoms with van der Waals surface area (Å²) in [5.74, 6) is 1.28. The summed E-state index contributed by atoms with van der Waals surface area (Å²) in [6.07, 6.45) is 2.15. The zero-order valence-corrected chi connectivity index (χ0v) is 21.8. The van der Waals surface area contributed by atoms with Crippen LogP contribution in [0.4, 0.5) is 11.4 Å². The fourth-order valence-electron chi connectivity index (χ4n) is 5.79. The first-order chi connectivity index (χ1) is 17.1. The summed E-state index contributed by atoms with van der Waals surface area (Å²) >= 11 is 1.44. The number of benzene rings is 3. The molecule has 1 fully saturated rings. The van der Waals surface area contributed by atoms with Gasteiger partial charge in [-0.1, -0.05) is 30.3 Å². The van der Waals surface area contributed by atoms with Crippen molar-refractivity contribution < 1.29 is 14.3 Å². The van der Waals surface area contributed by atoms with Crippen molar-refractivity contribution >= 4 is 40.5 Å².